The summed E-state index contributed by atoms with van der Waals surface area (Å²) in [4.78, 5) is 10.7. The Morgan fingerprint density at radius 1 is 1.30 bits per heavy atom. The molecule has 1 unspecified atom stereocenters. The van der Waals surface area contributed by atoms with Crippen molar-refractivity contribution in [3.8, 4) is 0 Å². The van der Waals surface area contributed by atoms with E-state index in [0.29, 0.717) is 17.0 Å². The van der Waals surface area contributed by atoms with E-state index in [-0.39, 0.29) is 15.4 Å². The first-order valence-corrected chi connectivity index (χ1v) is 7.41. The van der Waals surface area contributed by atoms with E-state index < -0.39 is 0 Å². The van der Waals surface area contributed by atoms with Crippen molar-refractivity contribution in [2.45, 2.75) is 18.2 Å². The number of hydrogen-bond acceptors (Lipinski definition) is 2. The molecule has 0 spiro atoms. The molecule has 3 nitrogen and oxygen atoms in total. The zero-order chi connectivity index (χ0) is 14.7. The van der Waals surface area contributed by atoms with Crippen LogP contribution in [0.25, 0.3) is 0 Å². The SMILES string of the molecule is Cc1cc(Cl)ccc1C(Br)Cc1ccccc1[N+](=O)[O-]. The average molecular weight is 355 g/mol. The second-order valence-electron chi connectivity index (χ2n) is 4.56. The minimum Gasteiger partial charge on any atom is -0.258 e. The fraction of sp³-hybridized carbons (Fsp3) is 0.200. The highest BCUT2D eigenvalue weighted by molar-refractivity contribution is 9.09. The lowest BCUT2D eigenvalue weighted by molar-refractivity contribution is -0.385. The zero-order valence-corrected chi connectivity index (χ0v) is 13.2. The molecule has 104 valence electrons. The van der Waals surface area contributed by atoms with E-state index in [4.69, 9.17) is 11.6 Å². The van der Waals surface area contributed by atoms with Gasteiger partial charge in [-0.05, 0) is 36.6 Å². The first-order valence-electron chi connectivity index (χ1n) is 6.11. The van der Waals surface area contributed by atoms with Gasteiger partial charge in [-0.2, -0.15) is 0 Å². The molecule has 2 rings (SSSR count). The molecule has 0 aliphatic carbocycles. The monoisotopic (exact) mass is 353 g/mol. The molecule has 0 fully saturated rings. The van der Waals surface area contributed by atoms with E-state index in [1.54, 1.807) is 12.1 Å². The number of nitro benzene ring substituents is 1. The van der Waals surface area contributed by atoms with Crippen LogP contribution < -0.4 is 0 Å². The summed E-state index contributed by atoms with van der Waals surface area (Å²) in [5.41, 5.74) is 3.03. The Balaban J connectivity index is 2.28. The van der Waals surface area contributed by atoms with Gasteiger partial charge in [-0.3, -0.25) is 10.1 Å². The molecule has 2 aromatic rings. The maximum absolute atomic E-state index is 11.0. The van der Waals surface area contributed by atoms with Gasteiger partial charge in [-0.1, -0.05) is 51.8 Å². The van der Waals surface area contributed by atoms with Crippen LogP contribution in [0, 0.1) is 17.0 Å². The van der Waals surface area contributed by atoms with Crippen molar-refractivity contribution in [1.29, 1.82) is 0 Å². The van der Waals surface area contributed by atoms with Gasteiger partial charge in [0, 0.05) is 21.5 Å². The number of nitrogens with zero attached hydrogens (tertiary/aromatic N) is 1. The minimum absolute atomic E-state index is 0.0147. The molecular weight excluding hydrogens is 342 g/mol. The third-order valence-electron chi connectivity index (χ3n) is 3.16. The largest absolute Gasteiger partial charge is 0.272 e. The molecule has 20 heavy (non-hydrogen) atoms. The molecule has 5 heteroatoms. The van der Waals surface area contributed by atoms with Crippen molar-refractivity contribution < 1.29 is 4.92 Å². The Morgan fingerprint density at radius 3 is 2.65 bits per heavy atom. The molecule has 0 aromatic heterocycles. The third kappa shape index (κ3) is 3.38. The molecule has 2 aromatic carbocycles. The molecule has 0 bridgehead atoms. The minimum atomic E-state index is -0.343. The molecule has 1 atom stereocenters. The van der Waals surface area contributed by atoms with Gasteiger partial charge in [0.1, 0.15) is 0 Å². The smallest absolute Gasteiger partial charge is 0.258 e. The van der Waals surface area contributed by atoms with Gasteiger partial charge in [0.2, 0.25) is 0 Å². The lowest BCUT2D eigenvalue weighted by Crippen LogP contribution is -2.01. The molecule has 0 aliphatic rings. The molecule has 0 N–H and O–H groups in total. The normalized spacial score (nSPS) is 12.2. The first-order chi connectivity index (χ1) is 9.49. The van der Waals surface area contributed by atoms with Crippen molar-refractivity contribution in [1.82, 2.24) is 0 Å². The average Bonchev–Trinajstić information content (AvgIpc) is 2.38. The van der Waals surface area contributed by atoms with Gasteiger partial charge in [-0.25, -0.2) is 0 Å². The Bertz CT molecular complexity index is 646. The van der Waals surface area contributed by atoms with Gasteiger partial charge in [0.15, 0.2) is 0 Å². The first kappa shape index (κ1) is 15.0. The number of alkyl halides is 1. The Hall–Kier alpha value is -1.39. The van der Waals surface area contributed by atoms with Crippen molar-refractivity contribution in [3.05, 3.63) is 74.3 Å². The fourth-order valence-electron chi connectivity index (χ4n) is 2.16. The van der Waals surface area contributed by atoms with Gasteiger partial charge < -0.3 is 0 Å². The lowest BCUT2D eigenvalue weighted by Gasteiger charge is -2.13. The maximum atomic E-state index is 11.0. The van der Waals surface area contributed by atoms with E-state index >= 15 is 0 Å². The number of aryl methyl sites for hydroxylation is 1. The van der Waals surface area contributed by atoms with Crippen molar-refractivity contribution in [2.24, 2.45) is 0 Å². The number of rotatable bonds is 4. The summed E-state index contributed by atoms with van der Waals surface area (Å²) in [6.45, 7) is 1.98. The second kappa shape index (κ2) is 6.37. The summed E-state index contributed by atoms with van der Waals surface area (Å²) in [7, 11) is 0. The number of para-hydroxylation sites is 1. The van der Waals surface area contributed by atoms with Crippen LogP contribution in [0.3, 0.4) is 0 Å². The lowest BCUT2D eigenvalue weighted by atomic mass is 9.99. The molecule has 0 saturated carbocycles. The summed E-state index contributed by atoms with van der Waals surface area (Å²) >= 11 is 9.56. The molecule has 0 heterocycles. The summed E-state index contributed by atoms with van der Waals surface area (Å²) < 4.78 is 0. The van der Waals surface area contributed by atoms with E-state index in [2.05, 4.69) is 15.9 Å². The number of hydrogen-bond donors (Lipinski definition) is 0. The fourth-order valence-corrected chi connectivity index (χ4v) is 3.24. The summed E-state index contributed by atoms with van der Waals surface area (Å²) in [5.74, 6) is 0. The van der Waals surface area contributed by atoms with Crippen LogP contribution in [0.2, 0.25) is 5.02 Å². The third-order valence-corrected chi connectivity index (χ3v) is 4.21. The molecular formula is C15H13BrClNO2. The molecule has 0 aliphatic heterocycles. The summed E-state index contributed by atoms with van der Waals surface area (Å²) in [6.07, 6.45) is 0.555. The van der Waals surface area contributed by atoms with Crippen LogP contribution >= 0.6 is 27.5 Å². The maximum Gasteiger partial charge on any atom is 0.272 e. The van der Waals surface area contributed by atoms with Gasteiger partial charge in [0.05, 0.1) is 4.92 Å². The van der Waals surface area contributed by atoms with Gasteiger partial charge in [0.25, 0.3) is 5.69 Å². The zero-order valence-electron chi connectivity index (χ0n) is 10.8. The van der Waals surface area contributed by atoms with Crippen LogP contribution in [0.5, 0.6) is 0 Å². The Kier molecular flexibility index (Phi) is 4.78. The predicted molar refractivity (Wildman–Crippen MR) is 84.7 cm³/mol. The second-order valence-corrected chi connectivity index (χ2v) is 6.10. The quantitative estimate of drug-likeness (QED) is 0.428. The van der Waals surface area contributed by atoms with Crippen LogP contribution in [0.4, 0.5) is 5.69 Å². The molecule has 0 amide bonds. The predicted octanol–water partition coefficient (Wildman–Crippen LogP) is 5.24. The van der Waals surface area contributed by atoms with Crippen molar-refractivity contribution in [3.63, 3.8) is 0 Å². The van der Waals surface area contributed by atoms with Crippen LogP contribution in [-0.2, 0) is 6.42 Å². The van der Waals surface area contributed by atoms with E-state index in [1.807, 2.05) is 31.2 Å². The highest BCUT2D eigenvalue weighted by atomic mass is 79.9. The van der Waals surface area contributed by atoms with Crippen LogP contribution in [0.1, 0.15) is 21.5 Å². The summed E-state index contributed by atoms with van der Waals surface area (Å²) in [5, 5.41) is 11.7. The highest BCUT2D eigenvalue weighted by Gasteiger charge is 2.18. The standard InChI is InChI=1S/C15H13BrClNO2/c1-10-8-12(17)6-7-13(10)14(16)9-11-4-2-3-5-15(11)18(19)20/h2-8,14H,9H2,1H3. The molecule has 0 saturated heterocycles. The molecule has 0 radical (unpaired) electrons. The number of benzene rings is 2. The van der Waals surface area contributed by atoms with Crippen LogP contribution in [-0.4, -0.2) is 4.92 Å². The topological polar surface area (TPSA) is 43.1 Å². The van der Waals surface area contributed by atoms with E-state index in [0.717, 1.165) is 11.1 Å². The Morgan fingerprint density at radius 2 is 2.00 bits per heavy atom. The summed E-state index contributed by atoms with van der Waals surface area (Å²) in [6, 6.07) is 12.5. The van der Waals surface area contributed by atoms with Crippen molar-refractivity contribution >= 4 is 33.2 Å². The Labute approximate surface area is 130 Å². The van der Waals surface area contributed by atoms with E-state index in [9.17, 15) is 10.1 Å². The van der Waals surface area contributed by atoms with Crippen molar-refractivity contribution in [2.75, 3.05) is 0 Å². The van der Waals surface area contributed by atoms with Crippen LogP contribution in [0.15, 0.2) is 42.5 Å². The highest BCUT2D eigenvalue weighted by Crippen LogP contribution is 2.33. The van der Waals surface area contributed by atoms with Gasteiger partial charge in [-0.15, -0.1) is 0 Å². The van der Waals surface area contributed by atoms with Gasteiger partial charge >= 0.3 is 0 Å². The number of halogens is 2. The number of nitro groups is 1. The van der Waals surface area contributed by atoms with E-state index in [1.165, 1.54) is 6.07 Å².